The second-order valence-electron chi connectivity index (χ2n) is 4.71. The molecule has 1 aromatic heterocycles. The summed E-state index contributed by atoms with van der Waals surface area (Å²) in [5.74, 6) is -0.174. The molecule has 98 valence electrons. The summed E-state index contributed by atoms with van der Waals surface area (Å²) in [7, 11) is 1.60. The monoisotopic (exact) mass is 248 g/mol. The van der Waals surface area contributed by atoms with E-state index in [-0.39, 0.29) is 11.9 Å². The molecule has 1 aliphatic rings. The average Bonchev–Trinajstić information content (AvgIpc) is 2.41. The molecule has 1 amide bonds. The number of hydrogen-bond acceptors (Lipinski definition) is 4. The van der Waals surface area contributed by atoms with Crippen LogP contribution in [0.3, 0.4) is 0 Å². The minimum absolute atomic E-state index is 0.174. The fourth-order valence-corrected chi connectivity index (χ4v) is 2.33. The molecule has 5 heteroatoms. The van der Waals surface area contributed by atoms with E-state index in [1.165, 1.54) is 12.8 Å². The predicted octanol–water partition coefficient (Wildman–Crippen LogP) is 1.12. The van der Waals surface area contributed by atoms with Crippen LogP contribution in [0.5, 0.6) is 0 Å². The zero-order chi connectivity index (χ0) is 13.0. The summed E-state index contributed by atoms with van der Waals surface area (Å²) < 4.78 is 0. The van der Waals surface area contributed by atoms with Crippen LogP contribution in [0.1, 0.15) is 36.2 Å². The first-order valence-electron chi connectivity index (χ1n) is 6.41. The summed E-state index contributed by atoms with van der Waals surface area (Å²) in [4.78, 5) is 15.5. The number of aromatic nitrogens is 1. The van der Waals surface area contributed by atoms with Crippen LogP contribution in [0, 0.1) is 0 Å². The second-order valence-corrected chi connectivity index (χ2v) is 4.71. The van der Waals surface area contributed by atoms with Crippen LogP contribution in [-0.2, 0) is 0 Å². The Kier molecular flexibility index (Phi) is 4.15. The summed E-state index contributed by atoms with van der Waals surface area (Å²) in [5.41, 5.74) is 7.42. The van der Waals surface area contributed by atoms with Crippen molar-refractivity contribution in [2.45, 2.75) is 37.8 Å². The van der Waals surface area contributed by atoms with Gasteiger partial charge in [-0.05, 0) is 25.0 Å². The summed E-state index contributed by atoms with van der Waals surface area (Å²) in [5, 5.41) is 5.97. The van der Waals surface area contributed by atoms with E-state index in [9.17, 15) is 4.79 Å². The molecule has 1 fully saturated rings. The highest BCUT2D eigenvalue weighted by Gasteiger charge is 2.21. The number of carbonyl (C=O) groups is 1. The first-order chi connectivity index (χ1) is 8.70. The van der Waals surface area contributed by atoms with E-state index in [2.05, 4.69) is 15.6 Å². The highest BCUT2D eigenvalue weighted by atomic mass is 16.1. The van der Waals surface area contributed by atoms with E-state index in [0.29, 0.717) is 11.7 Å². The van der Waals surface area contributed by atoms with Crippen molar-refractivity contribution >= 4 is 11.6 Å². The lowest BCUT2D eigenvalue weighted by Crippen LogP contribution is -2.42. The number of hydrogen-bond donors (Lipinski definition) is 3. The van der Waals surface area contributed by atoms with Crippen LogP contribution in [0.25, 0.3) is 0 Å². The van der Waals surface area contributed by atoms with Crippen LogP contribution in [-0.4, -0.2) is 30.0 Å². The van der Waals surface area contributed by atoms with Gasteiger partial charge < -0.3 is 16.4 Å². The fraction of sp³-hybridized carbons (Fsp3) is 0.538. The number of rotatable bonds is 3. The van der Waals surface area contributed by atoms with Gasteiger partial charge in [0, 0.05) is 31.0 Å². The summed E-state index contributed by atoms with van der Waals surface area (Å²) in [6.07, 6.45) is 6.20. The molecule has 5 nitrogen and oxygen atoms in total. The van der Waals surface area contributed by atoms with Crippen molar-refractivity contribution < 1.29 is 4.79 Å². The standard InChI is InChI=1S/C13H20N4O/c1-15-13(18)12-8-9(6-7-16-12)17-11-5-3-2-4-10(11)14/h6-8,10-11H,2-5,14H2,1H3,(H,15,18)(H,16,17)/t10-,11-/m1/s1. The molecule has 2 rings (SSSR count). The van der Waals surface area contributed by atoms with Gasteiger partial charge in [-0.15, -0.1) is 0 Å². The molecule has 0 aliphatic heterocycles. The van der Waals surface area contributed by atoms with Gasteiger partial charge in [0.05, 0.1) is 0 Å². The molecule has 1 aromatic rings. The van der Waals surface area contributed by atoms with Crippen molar-refractivity contribution in [3.8, 4) is 0 Å². The number of anilines is 1. The summed E-state index contributed by atoms with van der Waals surface area (Å²) >= 11 is 0. The molecule has 0 aromatic carbocycles. The van der Waals surface area contributed by atoms with Crippen molar-refractivity contribution in [3.63, 3.8) is 0 Å². The molecule has 0 saturated heterocycles. The molecule has 2 atom stereocenters. The Morgan fingerprint density at radius 2 is 2.22 bits per heavy atom. The Hall–Kier alpha value is -1.62. The van der Waals surface area contributed by atoms with Crippen LogP contribution >= 0.6 is 0 Å². The van der Waals surface area contributed by atoms with E-state index in [0.717, 1.165) is 18.5 Å². The van der Waals surface area contributed by atoms with Crippen molar-refractivity contribution in [3.05, 3.63) is 24.0 Å². The smallest absolute Gasteiger partial charge is 0.269 e. The van der Waals surface area contributed by atoms with Gasteiger partial charge in [0.2, 0.25) is 0 Å². The molecule has 4 N–H and O–H groups in total. The van der Waals surface area contributed by atoms with Crippen LogP contribution in [0.4, 0.5) is 5.69 Å². The van der Waals surface area contributed by atoms with E-state index >= 15 is 0 Å². The maximum absolute atomic E-state index is 11.5. The second kappa shape index (κ2) is 5.82. The van der Waals surface area contributed by atoms with Gasteiger partial charge in [-0.1, -0.05) is 12.8 Å². The maximum atomic E-state index is 11.5. The Balaban J connectivity index is 2.06. The fourth-order valence-electron chi connectivity index (χ4n) is 2.33. The first kappa shape index (κ1) is 12.8. The topological polar surface area (TPSA) is 80.0 Å². The van der Waals surface area contributed by atoms with Gasteiger partial charge in [0.25, 0.3) is 5.91 Å². The molecule has 0 radical (unpaired) electrons. The Morgan fingerprint density at radius 1 is 1.44 bits per heavy atom. The van der Waals surface area contributed by atoms with Gasteiger partial charge in [0.15, 0.2) is 0 Å². The zero-order valence-electron chi connectivity index (χ0n) is 10.6. The van der Waals surface area contributed by atoms with Crippen LogP contribution in [0.15, 0.2) is 18.3 Å². The van der Waals surface area contributed by atoms with Crippen molar-refractivity contribution in [2.24, 2.45) is 5.73 Å². The number of nitrogens with two attached hydrogens (primary N) is 1. The highest BCUT2D eigenvalue weighted by molar-refractivity contribution is 5.92. The van der Waals surface area contributed by atoms with E-state index in [1.54, 1.807) is 19.3 Å². The molecule has 0 spiro atoms. The van der Waals surface area contributed by atoms with Gasteiger partial charge in [0.1, 0.15) is 5.69 Å². The van der Waals surface area contributed by atoms with Gasteiger partial charge >= 0.3 is 0 Å². The van der Waals surface area contributed by atoms with Gasteiger partial charge in [-0.25, -0.2) is 0 Å². The van der Waals surface area contributed by atoms with Crippen LogP contribution in [0.2, 0.25) is 0 Å². The number of pyridine rings is 1. The Labute approximate surface area is 107 Å². The molecular formula is C13H20N4O. The Bertz CT molecular complexity index is 421. The molecule has 0 bridgehead atoms. The van der Waals surface area contributed by atoms with Crippen molar-refractivity contribution in [2.75, 3.05) is 12.4 Å². The highest BCUT2D eigenvalue weighted by Crippen LogP contribution is 2.21. The first-order valence-corrected chi connectivity index (χ1v) is 6.41. The molecule has 18 heavy (non-hydrogen) atoms. The van der Waals surface area contributed by atoms with Gasteiger partial charge in [-0.2, -0.15) is 0 Å². The third-order valence-electron chi connectivity index (χ3n) is 3.39. The lowest BCUT2D eigenvalue weighted by Gasteiger charge is -2.30. The largest absolute Gasteiger partial charge is 0.381 e. The molecule has 1 saturated carbocycles. The lowest BCUT2D eigenvalue weighted by molar-refractivity contribution is 0.0958. The Morgan fingerprint density at radius 3 is 2.94 bits per heavy atom. The summed E-state index contributed by atoms with van der Waals surface area (Å²) in [6, 6.07) is 4.11. The number of amides is 1. The SMILES string of the molecule is CNC(=O)c1cc(N[C@@H]2CCCC[C@H]2N)ccn1. The minimum Gasteiger partial charge on any atom is -0.381 e. The van der Waals surface area contributed by atoms with E-state index in [1.807, 2.05) is 6.07 Å². The number of nitrogens with one attached hydrogen (secondary N) is 2. The molecule has 1 aliphatic carbocycles. The van der Waals surface area contributed by atoms with Crippen molar-refractivity contribution in [1.82, 2.24) is 10.3 Å². The quantitative estimate of drug-likeness (QED) is 0.749. The van der Waals surface area contributed by atoms with Crippen molar-refractivity contribution in [1.29, 1.82) is 0 Å². The lowest BCUT2D eigenvalue weighted by atomic mass is 9.91. The average molecular weight is 248 g/mol. The normalized spacial score (nSPS) is 23.4. The maximum Gasteiger partial charge on any atom is 0.269 e. The summed E-state index contributed by atoms with van der Waals surface area (Å²) in [6.45, 7) is 0. The number of carbonyl (C=O) groups excluding carboxylic acids is 1. The predicted molar refractivity (Wildman–Crippen MR) is 71.5 cm³/mol. The van der Waals surface area contributed by atoms with Crippen LogP contribution < -0.4 is 16.4 Å². The third-order valence-corrected chi connectivity index (χ3v) is 3.39. The van der Waals surface area contributed by atoms with E-state index < -0.39 is 0 Å². The third kappa shape index (κ3) is 2.98. The molecular weight excluding hydrogens is 228 g/mol. The van der Waals surface area contributed by atoms with Gasteiger partial charge in [-0.3, -0.25) is 9.78 Å². The van der Waals surface area contributed by atoms with E-state index in [4.69, 9.17) is 5.73 Å². The molecule has 0 unspecified atom stereocenters. The molecule has 1 heterocycles. The zero-order valence-corrected chi connectivity index (χ0v) is 10.6. The number of nitrogens with zero attached hydrogens (tertiary/aromatic N) is 1. The minimum atomic E-state index is -0.174.